The van der Waals surface area contributed by atoms with Gasteiger partial charge in [-0.2, -0.15) is 0 Å². The second-order valence-electron chi connectivity index (χ2n) is 6.49. The maximum absolute atomic E-state index is 13.3. The average Bonchev–Trinajstić information content (AvgIpc) is 3.21. The highest BCUT2D eigenvalue weighted by Gasteiger charge is 2.45. The number of carbonyl (C=O) groups is 1. The third-order valence-corrected chi connectivity index (χ3v) is 4.82. The van der Waals surface area contributed by atoms with Crippen LogP contribution in [0, 0.1) is 17.7 Å². The molecule has 2 atom stereocenters. The van der Waals surface area contributed by atoms with Crippen molar-refractivity contribution in [2.45, 2.75) is 13.1 Å². The van der Waals surface area contributed by atoms with Crippen LogP contribution >= 0.6 is 0 Å². The molecule has 4 nitrogen and oxygen atoms in total. The minimum Gasteiger partial charge on any atom is -0.468 e. The number of likely N-dealkylation sites (tertiary alicyclic amines) is 2. The molecule has 0 unspecified atom stereocenters. The number of hydrogen-bond donors (Lipinski definition) is 0. The predicted octanol–water partition coefficient (Wildman–Crippen LogP) is 2.51. The number of furan rings is 1. The summed E-state index contributed by atoms with van der Waals surface area (Å²) < 4.78 is 18.7. The summed E-state index contributed by atoms with van der Waals surface area (Å²) in [7, 11) is 0. The molecule has 5 heteroatoms. The van der Waals surface area contributed by atoms with Crippen molar-refractivity contribution in [2.24, 2.45) is 11.8 Å². The summed E-state index contributed by atoms with van der Waals surface area (Å²) in [5.41, 5.74) is 0.853. The Bertz CT molecular complexity index is 701. The van der Waals surface area contributed by atoms with E-state index in [1.807, 2.05) is 23.1 Å². The Hall–Kier alpha value is -2.14. The van der Waals surface area contributed by atoms with Gasteiger partial charge in [0.1, 0.15) is 11.6 Å². The standard InChI is InChI=1S/C18H19FN2O2/c19-15-4-1-3-13(7-15)8-21-10-14-9-20(12-17(14)18(21)22)11-16-5-2-6-23-16/h1-7,14,17H,8-12H2/t14-,17-/m0/s1. The number of fused-ring (bicyclic) bond motifs is 1. The fourth-order valence-corrected chi connectivity index (χ4v) is 3.78. The van der Waals surface area contributed by atoms with Crippen LogP contribution in [-0.4, -0.2) is 35.3 Å². The van der Waals surface area contributed by atoms with Gasteiger partial charge in [0.25, 0.3) is 0 Å². The van der Waals surface area contributed by atoms with Gasteiger partial charge in [0.05, 0.1) is 18.7 Å². The van der Waals surface area contributed by atoms with E-state index in [4.69, 9.17) is 4.42 Å². The van der Waals surface area contributed by atoms with Crippen molar-refractivity contribution in [1.29, 1.82) is 0 Å². The number of hydrogen-bond acceptors (Lipinski definition) is 3. The van der Waals surface area contributed by atoms with Crippen LogP contribution in [-0.2, 0) is 17.9 Å². The Morgan fingerprint density at radius 3 is 2.78 bits per heavy atom. The van der Waals surface area contributed by atoms with E-state index < -0.39 is 0 Å². The first-order valence-corrected chi connectivity index (χ1v) is 7.97. The molecule has 3 heterocycles. The van der Waals surface area contributed by atoms with E-state index in [0.717, 1.165) is 37.5 Å². The molecule has 2 aliphatic heterocycles. The summed E-state index contributed by atoms with van der Waals surface area (Å²) in [6, 6.07) is 10.3. The van der Waals surface area contributed by atoms with Crippen LogP contribution in [0.4, 0.5) is 4.39 Å². The lowest BCUT2D eigenvalue weighted by molar-refractivity contribution is -0.131. The molecule has 0 aliphatic carbocycles. The minimum absolute atomic E-state index is 0.0681. The highest BCUT2D eigenvalue weighted by Crippen LogP contribution is 2.33. The second-order valence-corrected chi connectivity index (χ2v) is 6.49. The zero-order valence-corrected chi connectivity index (χ0v) is 12.8. The molecule has 1 aromatic carbocycles. The quantitative estimate of drug-likeness (QED) is 0.870. The Kier molecular flexibility index (Phi) is 3.65. The van der Waals surface area contributed by atoms with Crippen molar-refractivity contribution in [3.8, 4) is 0 Å². The highest BCUT2D eigenvalue weighted by molar-refractivity contribution is 5.82. The van der Waals surface area contributed by atoms with Crippen LogP contribution in [0.1, 0.15) is 11.3 Å². The van der Waals surface area contributed by atoms with Gasteiger partial charge in [0, 0.05) is 32.1 Å². The van der Waals surface area contributed by atoms with Crippen LogP contribution in [0.2, 0.25) is 0 Å². The van der Waals surface area contributed by atoms with Gasteiger partial charge in [-0.1, -0.05) is 12.1 Å². The summed E-state index contributed by atoms with van der Waals surface area (Å²) in [4.78, 5) is 16.8. The third-order valence-electron chi connectivity index (χ3n) is 4.82. The topological polar surface area (TPSA) is 36.7 Å². The van der Waals surface area contributed by atoms with Crippen molar-refractivity contribution in [3.05, 3.63) is 59.8 Å². The maximum atomic E-state index is 13.3. The molecule has 0 bridgehead atoms. The summed E-state index contributed by atoms with van der Waals surface area (Å²) in [6.07, 6.45) is 1.68. The molecule has 2 saturated heterocycles. The van der Waals surface area contributed by atoms with Crippen molar-refractivity contribution < 1.29 is 13.6 Å². The second kappa shape index (κ2) is 5.81. The van der Waals surface area contributed by atoms with Gasteiger partial charge in [0.2, 0.25) is 5.91 Å². The first-order chi connectivity index (χ1) is 11.2. The number of amides is 1. The average molecular weight is 314 g/mol. The monoisotopic (exact) mass is 314 g/mol. The fourth-order valence-electron chi connectivity index (χ4n) is 3.78. The van der Waals surface area contributed by atoms with Crippen molar-refractivity contribution >= 4 is 5.91 Å². The summed E-state index contributed by atoms with van der Waals surface area (Å²) in [6.45, 7) is 3.72. The first kappa shape index (κ1) is 14.5. The van der Waals surface area contributed by atoms with Crippen LogP contribution < -0.4 is 0 Å². The number of benzene rings is 1. The van der Waals surface area contributed by atoms with E-state index in [1.54, 1.807) is 12.3 Å². The molecule has 23 heavy (non-hydrogen) atoms. The van der Waals surface area contributed by atoms with Gasteiger partial charge in [-0.25, -0.2) is 4.39 Å². The highest BCUT2D eigenvalue weighted by atomic mass is 19.1. The number of carbonyl (C=O) groups excluding carboxylic acids is 1. The lowest BCUT2D eigenvalue weighted by Gasteiger charge is -2.21. The zero-order chi connectivity index (χ0) is 15.8. The van der Waals surface area contributed by atoms with E-state index >= 15 is 0 Å². The van der Waals surface area contributed by atoms with Gasteiger partial charge in [-0.05, 0) is 29.8 Å². The number of halogens is 1. The molecule has 0 saturated carbocycles. The normalized spacial score (nSPS) is 24.4. The Labute approximate surface area is 134 Å². The summed E-state index contributed by atoms with van der Waals surface area (Å²) in [5.74, 6) is 1.32. The molecule has 2 fully saturated rings. The zero-order valence-electron chi connectivity index (χ0n) is 12.8. The molecule has 0 radical (unpaired) electrons. The smallest absolute Gasteiger partial charge is 0.227 e. The van der Waals surface area contributed by atoms with E-state index in [0.29, 0.717) is 12.5 Å². The van der Waals surface area contributed by atoms with E-state index in [9.17, 15) is 9.18 Å². The van der Waals surface area contributed by atoms with E-state index in [1.165, 1.54) is 12.1 Å². The van der Waals surface area contributed by atoms with E-state index in [2.05, 4.69) is 4.90 Å². The fraction of sp³-hybridized carbons (Fsp3) is 0.389. The molecule has 4 rings (SSSR count). The molecular weight excluding hydrogens is 295 g/mol. The molecular formula is C18H19FN2O2. The lowest BCUT2D eigenvalue weighted by atomic mass is 10.0. The third kappa shape index (κ3) is 2.88. The van der Waals surface area contributed by atoms with Crippen LogP contribution in [0.25, 0.3) is 0 Å². The van der Waals surface area contributed by atoms with Gasteiger partial charge in [0.15, 0.2) is 0 Å². The Balaban J connectivity index is 1.38. The van der Waals surface area contributed by atoms with Crippen LogP contribution in [0.5, 0.6) is 0 Å². The number of nitrogens with zero attached hydrogens (tertiary/aromatic N) is 2. The Morgan fingerprint density at radius 2 is 2.04 bits per heavy atom. The van der Waals surface area contributed by atoms with Crippen molar-refractivity contribution in [1.82, 2.24) is 9.80 Å². The molecule has 1 aromatic heterocycles. The number of rotatable bonds is 4. The van der Waals surface area contributed by atoms with Gasteiger partial charge < -0.3 is 9.32 Å². The largest absolute Gasteiger partial charge is 0.468 e. The molecule has 2 aliphatic rings. The molecule has 0 N–H and O–H groups in total. The van der Waals surface area contributed by atoms with Gasteiger partial charge >= 0.3 is 0 Å². The SMILES string of the molecule is O=C1[C@H]2CN(Cc3ccco3)C[C@H]2CN1Cc1cccc(F)c1. The van der Waals surface area contributed by atoms with Gasteiger partial charge in [-0.3, -0.25) is 9.69 Å². The maximum Gasteiger partial charge on any atom is 0.227 e. The van der Waals surface area contributed by atoms with Gasteiger partial charge in [-0.15, -0.1) is 0 Å². The lowest BCUT2D eigenvalue weighted by Crippen LogP contribution is -2.32. The Morgan fingerprint density at radius 1 is 1.13 bits per heavy atom. The molecule has 1 amide bonds. The molecule has 120 valence electrons. The van der Waals surface area contributed by atoms with E-state index in [-0.39, 0.29) is 17.6 Å². The minimum atomic E-state index is -0.251. The summed E-state index contributed by atoms with van der Waals surface area (Å²) >= 11 is 0. The van der Waals surface area contributed by atoms with Crippen LogP contribution in [0.15, 0.2) is 47.1 Å². The summed E-state index contributed by atoms with van der Waals surface area (Å²) in [5, 5.41) is 0. The predicted molar refractivity (Wildman–Crippen MR) is 82.8 cm³/mol. The van der Waals surface area contributed by atoms with Crippen molar-refractivity contribution in [2.75, 3.05) is 19.6 Å². The van der Waals surface area contributed by atoms with Crippen LogP contribution in [0.3, 0.4) is 0 Å². The molecule has 2 aromatic rings. The van der Waals surface area contributed by atoms with Crippen molar-refractivity contribution in [3.63, 3.8) is 0 Å². The molecule has 0 spiro atoms. The first-order valence-electron chi connectivity index (χ1n) is 7.97.